The molecule has 5 rings (SSSR count). The van der Waals surface area contributed by atoms with E-state index in [4.69, 9.17) is 0 Å². The second kappa shape index (κ2) is 8.47. The monoisotopic (exact) mass is 413 g/mol. The van der Waals surface area contributed by atoms with Crippen LogP contribution in [-0.2, 0) is 24.8 Å². The van der Waals surface area contributed by atoms with Crippen LogP contribution in [0.25, 0.3) is 11.1 Å². The number of rotatable bonds is 5. The van der Waals surface area contributed by atoms with Crippen molar-refractivity contribution in [1.82, 2.24) is 14.7 Å². The number of carbonyl (C=O) groups is 1. The van der Waals surface area contributed by atoms with E-state index in [1.165, 1.54) is 31.5 Å². The lowest BCUT2D eigenvalue weighted by Crippen LogP contribution is -2.27. The number of carbonyl (C=O) groups excluding carboxylic acids is 1. The summed E-state index contributed by atoms with van der Waals surface area (Å²) in [6, 6.07) is 14.4. The Morgan fingerprint density at radius 3 is 2.61 bits per heavy atom. The quantitative estimate of drug-likeness (QED) is 0.694. The van der Waals surface area contributed by atoms with E-state index in [9.17, 15) is 4.79 Å². The van der Waals surface area contributed by atoms with Gasteiger partial charge in [-0.1, -0.05) is 24.3 Å². The Morgan fingerprint density at radius 1 is 1.06 bits per heavy atom. The number of likely N-dealkylation sites (tertiary alicyclic amines) is 1. The zero-order valence-electron chi connectivity index (χ0n) is 17.8. The highest BCUT2D eigenvalue weighted by Gasteiger charge is 2.22. The SMILES string of the molecule is Cn1cc(-c2ccc3c(c2)C(C(=O)Nc2ccc(CN4CCCC4)cc2)=NCC3)cn1. The van der Waals surface area contributed by atoms with Gasteiger partial charge in [0, 0.05) is 43.1 Å². The fraction of sp³-hybridized carbons (Fsp3) is 0.320. The zero-order valence-corrected chi connectivity index (χ0v) is 17.8. The van der Waals surface area contributed by atoms with Crippen molar-refractivity contribution in [1.29, 1.82) is 0 Å². The van der Waals surface area contributed by atoms with Gasteiger partial charge < -0.3 is 5.32 Å². The molecule has 6 nitrogen and oxygen atoms in total. The Bertz CT molecular complexity index is 1120. The molecule has 0 atom stereocenters. The van der Waals surface area contributed by atoms with Gasteiger partial charge in [0.2, 0.25) is 0 Å². The largest absolute Gasteiger partial charge is 0.321 e. The molecule has 2 aliphatic rings. The van der Waals surface area contributed by atoms with Crippen molar-refractivity contribution in [2.24, 2.45) is 12.0 Å². The van der Waals surface area contributed by atoms with Gasteiger partial charge >= 0.3 is 0 Å². The molecular weight excluding hydrogens is 386 g/mol. The predicted molar refractivity (Wildman–Crippen MR) is 123 cm³/mol. The topological polar surface area (TPSA) is 62.5 Å². The van der Waals surface area contributed by atoms with Crippen LogP contribution in [0.15, 0.2) is 59.9 Å². The van der Waals surface area contributed by atoms with E-state index in [0.29, 0.717) is 12.3 Å². The molecule has 31 heavy (non-hydrogen) atoms. The van der Waals surface area contributed by atoms with Crippen molar-refractivity contribution in [2.45, 2.75) is 25.8 Å². The second-order valence-corrected chi connectivity index (χ2v) is 8.39. The molecule has 0 bridgehead atoms. The molecule has 1 fully saturated rings. The van der Waals surface area contributed by atoms with E-state index in [-0.39, 0.29) is 5.91 Å². The van der Waals surface area contributed by atoms with Crippen molar-refractivity contribution in [3.8, 4) is 11.1 Å². The highest BCUT2D eigenvalue weighted by Crippen LogP contribution is 2.25. The summed E-state index contributed by atoms with van der Waals surface area (Å²) in [5, 5.41) is 7.30. The molecule has 0 aliphatic carbocycles. The van der Waals surface area contributed by atoms with E-state index >= 15 is 0 Å². The van der Waals surface area contributed by atoms with Crippen LogP contribution in [0.5, 0.6) is 0 Å². The molecule has 0 spiro atoms. The molecule has 0 radical (unpaired) electrons. The molecule has 0 saturated carbocycles. The average molecular weight is 414 g/mol. The Hall–Kier alpha value is -3.25. The van der Waals surface area contributed by atoms with Gasteiger partial charge in [-0.15, -0.1) is 0 Å². The minimum absolute atomic E-state index is 0.156. The Labute approximate surface area is 182 Å². The lowest BCUT2D eigenvalue weighted by atomic mass is 9.93. The first-order valence-electron chi connectivity index (χ1n) is 11.0. The summed E-state index contributed by atoms with van der Waals surface area (Å²) in [5.41, 5.74) is 6.73. The molecule has 6 heteroatoms. The van der Waals surface area contributed by atoms with Crippen molar-refractivity contribution in [2.75, 3.05) is 25.0 Å². The molecule has 1 amide bonds. The Balaban J connectivity index is 1.32. The van der Waals surface area contributed by atoms with Crippen molar-refractivity contribution in [3.63, 3.8) is 0 Å². The molecule has 158 valence electrons. The molecular formula is C25H27N5O. The smallest absolute Gasteiger partial charge is 0.274 e. The molecule has 1 N–H and O–H groups in total. The minimum Gasteiger partial charge on any atom is -0.321 e. The molecule has 0 unspecified atom stereocenters. The molecule has 2 aromatic carbocycles. The maximum absolute atomic E-state index is 13.1. The molecule has 2 aliphatic heterocycles. The number of aromatic nitrogens is 2. The number of anilines is 1. The summed E-state index contributed by atoms with van der Waals surface area (Å²) >= 11 is 0. The van der Waals surface area contributed by atoms with Crippen LogP contribution in [0.4, 0.5) is 5.69 Å². The lowest BCUT2D eigenvalue weighted by Gasteiger charge is -2.18. The second-order valence-electron chi connectivity index (χ2n) is 8.39. The Morgan fingerprint density at radius 2 is 1.87 bits per heavy atom. The summed E-state index contributed by atoms with van der Waals surface area (Å²) in [4.78, 5) is 20.1. The van der Waals surface area contributed by atoms with Gasteiger partial charge in [0.15, 0.2) is 0 Å². The van der Waals surface area contributed by atoms with Crippen LogP contribution in [0.1, 0.15) is 29.5 Å². The van der Waals surface area contributed by atoms with Gasteiger partial charge in [-0.25, -0.2) is 0 Å². The Kier molecular flexibility index (Phi) is 5.38. The summed E-state index contributed by atoms with van der Waals surface area (Å²) in [7, 11) is 1.90. The first-order chi connectivity index (χ1) is 15.2. The number of benzene rings is 2. The first kappa shape index (κ1) is 19.7. The van der Waals surface area contributed by atoms with Crippen LogP contribution >= 0.6 is 0 Å². The van der Waals surface area contributed by atoms with E-state index in [1.54, 1.807) is 4.68 Å². The standard InChI is InChI=1S/C25H27N5O/c1-29-17-21(15-27-29)20-7-6-19-10-11-26-24(23(19)14-20)25(31)28-22-8-4-18(5-9-22)16-30-12-2-3-13-30/h4-9,14-15,17H,2-3,10-13,16H2,1H3,(H,28,31). The number of hydrogen-bond donors (Lipinski definition) is 1. The van der Waals surface area contributed by atoms with Gasteiger partial charge in [0.25, 0.3) is 5.91 Å². The van der Waals surface area contributed by atoms with Gasteiger partial charge in [0.05, 0.1) is 6.20 Å². The molecule has 3 aromatic rings. The maximum Gasteiger partial charge on any atom is 0.274 e. The van der Waals surface area contributed by atoms with Gasteiger partial charge in [-0.3, -0.25) is 19.4 Å². The number of nitrogens with zero attached hydrogens (tertiary/aromatic N) is 4. The fourth-order valence-corrected chi connectivity index (χ4v) is 4.41. The van der Waals surface area contributed by atoms with E-state index in [0.717, 1.165) is 40.9 Å². The first-order valence-corrected chi connectivity index (χ1v) is 11.0. The molecule has 1 aromatic heterocycles. The number of aryl methyl sites for hydroxylation is 1. The predicted octanol–water partition coefficient (Wildman–Crippen LogP) is 3.67. The van der Waals surface area contributed by atoms with E-state index in [2.05, 4.69) is 50.6 Å². The number of hydrogen-bond acceptors (Lipinski definition) is 4. The average Bonchev–Trinajstić information content (AvgIpc) is 3.46. The third-order valence-electron chi connectivity index (χ3n) is 6.09. The molecule has 1 saturated heterocycles. The van der Waals surface area contributed by atoms with Gasteiger partial charge in [-0.2, -0.15) is 5.10 Å². The zero-order chi connectivity index (χ0) is 21.2. The van der Waals surface area contributed by atoms with Crippen LogP contribution in [0.2, 0.25) is 0 Å². The third-order valence-corrected chi connectivity index (χ3v) is 6.09. The van der Waals surface area contributed by atoms with Crippen LogP contribution < -0.4 is 5.32 Å². The van der Waals surface area contributed by atoms with Crippen LogP contribution in [-0.4, -0.2) is 45.9 Å². The number of amides is 1. The van der Waals surface area contributed by atoms with E-state index in [1.807, 2.05) is 31.6 Å². The lowest BCUT2D eigenvalue weighted by molar-refractivity contribution is -0.110. The van der Waals surface area contributed by atoms with Gasteiger partial charge in [0.1, 0.15) is 5.71 Å². The minimum atomic E-state index is -0.156. The van der Waals surface area contributed by atoms with Crippen molar-refractivity contribution < 1.29 is 4.79 Å². The third kappa shape index (κ3) is 4.30. The van der Waals surface area contributed by atoms with Crippen molar-refractivity contribution >= 4 is 17.3 Å². The molecule has 3 heterocycles. The van der Waals surface area contributed by atoms with Gasteiger partial charge in [-0.05, 0) is 67.2 Å². The number of aliphatic imine (C=N–C) groups is 1. The summed E-state index contributed by atoms with van der Waals surface area (Å²) in [6.07, 6.45) is 7.25. The van der Waals surface area contributed by atoms with Crippen LogP contribution in [0.3, 0.4) is 0 Å². The maximum atomic E-state index is 13.1. The van der Waals surface area contributed by atoms with E-state index < -0.39 is 0 Å². The normalized spacial score (nSPS) is 16.1. The summed E-state index contributed by atoms with van der Waals surface area (Å²) < 4.78 is 1.78. The summed E-state index contributed by atoms with van der Waals surface area (Å²) in [5.74, 6) is -0.156. The fourth-order valence-electron chi connectivity index (χ4n) is 4.41. The summed E-state index contributed by atoms with van der Waals surface area (Å²) in [6.45, 7) is 3.97. The van der Waals surface area contributed by atoms with Crippen LogP contribution in [0, 0.1) is 0 Å². The highest BCUT2D eigenvalue weighted by atomic mass is 16.1. The number of fused-ring (bicyclic) bond motifs is 1. The van der Waals surface area contributed by atoms with Crippen molar-refractivity contribution in [3.05, 3.63) is 71.5 Å². The number of nitrogens with one attached hydrogen (secondary N) is 1. The highest BCUT2D eigenvalue weighted by molar-refractivity contribution is 6.49.